The van der Waals surface area contributed by atoms with Crippen LogP contribution in [-0.4, -0.2) is 41.4 Å². The zero-order chi connectivity index (χ0) is 15.4. The van der Waals surface area contributed by atoms with Gasteiger partial charge in [-0.05, 0) is 30.7 Å². The van der Waals surface area contributed by atoms with E-state index in [1.54, 1.807) is 16.7 Å². The van der Waals surface area contributed by atoms with Gasteiger partial charge in [-0.3, -0.25) is 4.79 Å². The molecule has 0 aromatic heterocycles. The second kappa shape index (κ2) is 6.85. The second-order valence-electron chi connectivity index (χ2n) is 5.41. The van der Waals surface area contributed by atoms with Crippen molar-refractivity contribution in [1.29, 1.82) is 0 Å². The number of hydrogen-bond acceptors (Lipinski definition) is 3. The third-order valence-electron chi connectivity index (χ3n) is 3.64. The number of nitrogens with zero attached hydrogens (tertiary/aromatic N) is 1. The summed E-state index contributed by atoms with van der Waals surface area (Å²) in [6.07, 6.45) is 2.58. The lowest BCUT2D eigenvalue weighted by Gasteiger charge is -2.34. The quantitative estimate of drug-likeness (QED) is 0.842. The Balaban J connectivity index is 2.07. The molecule has 2 rings (SSSR count). The van der Waals surface area contributed by atoms with Crippen LogP contribution >= 0.6 is 11.8 Å². The highest BCUT2D eigenvalue weighted by molar-refractivity contribution is 7.98. The van der Waals surface area contributed by atoms with Gasteiger partial charge in [0.2, 0.25) is 0 Å². The molecule has 2 atom stereocenters. The fraction of sp³-hybridized carbons (Fsp3) is 0.467. The molecule has 0 saturated carbocycles. The van der Waals surface area contributed by atoms with E-state index in [0.29, 0.717) is 13.0 Å². The molecule has 1 aromatic carbocycles. The molecule has 1 heterocycles. The number of carbonyl (C=O) groups excluding carboxylic acids is 1. The summed E-state index contributed by atoms with van der Waals surface area (Å²) in [5.74, 6) is -1.11. The van der Waals surface area contributed by atoms with Crippen LogP contribution in [0, 0.1) is 11.8 Å². The summed E-state index contributed by atoms with van der Waals surface area (Å²) in [7, 11) is 0. The number of aliphatic carboxylic acids is 1. The molecule has 6 heteroatoms. The minimum atomic E-state index is -0.830. The smallest absolute Gasteiger partial charge is 0.321 e. The number of rotatable bonds is 3. The summed E-state index contributed by atoms with van der Waals surface area (Å²) in [6, 6.07) is 7.36. The number of para-hydroxylation sites is 1. The summed E-state index contributed by atoms with van der Waals surface area (Å²) < 4.78 is 0. The van der Waals surface area contributed by atoms with Crippen molar-refractivity contribution in [3.8, 4) is 0 Å². The van der Waals surface area contributed by atoms with Crippen LogP contribution in [0.1, 0.15) is 13.3 Å². The molecule has 114 valence electrons. The molecule has 2 amide bonds. The van der Waals surface area contributed by atoms with Gasteiger partial charge >= 0.3 is 12.0 Å². The van der Waals surface area contributed by atoms with Crippen molar-refractivity contribution in [2.45, 2.75) is 18.2 Å². The standard InChI is InChI=1S/C15H20N2O3S/c1-10-7-11(14(18)19)9-17(8-10)15(20)16-12-5-3-4-6-13(12)21-2/h3-6,10-11H,7-9H2,1-2H3,(H,16,20)(H,18,19). The molecular weight excluding hydrogens is 288 g/mol. The van der Waals surface area contributed by atoms with Crippen LogP contribution in [-0.2, 0) is 4.79 Å². The highest BCUT2D eigenvalue weighted by Crippen LogP contribution is 2.26. The fourth-order valence-corrected chi connectivity index (χ4v) is 3.19. The number of carbonyl (C=O) groups is 2. The lowest BCUT2D eigenvalue weighted by molar-refractivity contribution is -0.143. The summed E-state index contributed by atoms with van der Waals surface area (Å²) in [4.78, 5) is 26.1. The molecule has 1 saturated heterocycles. The third kappa shape index (κ3) is 3.91. The lowest BCUT2D eigenvalue weighted by Crippen LogP contribution is -2.47. The first-order valence-electron chi connectivity index (χ1n) is 6.93. The summed E-state index contributed by atoms with van der Waals surface area (Å²) in [5.41, 5.74) is 0.764. The van der Waals surface area contributed by atoms with E-state index in [1.807, 2.05) is 37.4 Å². The van der Waals surface area contributed by atoms with Gasteiger partial charge in [-0.2, -0.15) is 0 Å². The topological polar surface area (TPSA) is 69.6 Å². The average Bonchev–Trinajstić information content (AvgIpc) is 2.47. The molecule has 1 aliphatic heterocycles. The van der Waals surface area contributed by atoms with Gasteiger partial charge in [0, 0.05) is 18.0 Å². The number of hydrogen-bond donors (Lipinski definition) is 2. The Morgan fingerprint density at radius 2 is 2.05 bits per heavy atom. The van der Waals surface area contributed by atoms with E-state index in [-0.39, 0.29) is 18.5 Å². The first-order valence-corrected chi connectivity index (χ1v) is 8.15. The fourth-order valence-electron chi connectivity index (χ4n) is 2.64. The highest BCUT2D eigenvalue weighted by atomic mass is 32.2. The Morgan fingerprint density at radius 1 is 1.33 bits per heavy atom. The van der Waals surface area contributed by atoms with E-state index < -0.39 is 11.9 Å². The van der Waals surface area contributed by atoms with Crippen molar-refractivity contribution >= 4 is 29.4 Å². The Hall–Kier alpha value is -1.69. The largest absolute Gasteiger partial charge is 0.481 e. The maximum absolute atomic E-state index is 12.4. The van der Waals surface area contributed by atoms with Crippen LogP contribution < -0.4 is 5.32 Å². The van der Waals surface area contributed by atoms with Crippen molar-refractivity contribution in [2.75, 3.05) is 24.7 Å². The van der Waals surface area contributed by atoms with Crippen molar-refractivity contribution < 1.29 is 14.7 Å². The maximum atomic E-state index is 12.4. The molecule has 0 spiro atoms. The van der Waals surface area contributed by atoms with Gasteiger partial charge in [0.1, 0.15) is 0 Å². The summed E-state index contributed by atoms with van der Waals surface area (Å²) >= 11 is 1.56. The van der Waals surface area contributed by atoms with E-state index in [1.165, 1.54) is 0 Å². The van der Waals surface area contributed by atoms with Crippen LogP contribution in [0.5, 0.6) is 0 Å². The van der Waals surface area contributed by atoms with Gasteiger partial charge in [-0.1, -0.05) is 19.1 Å². The molecule has 5 nitrogen and oxygen atoms in total. The highest BCUT2D eigenvalue weighted by Gasteiger charge is 2.32. The molecule has 2 N–H and O–H groups in total. The first kappa shape index (κ1) is 15.7. The number of likely N-dealkylation sites (tertiary alicyclic amines) is 1. The molecule has 1 aliphatic rings. The van der Waals surface area contributed by atoms with Gasteiger partial charge in [-0.25, -0.2) is 4.79 Å². The zero-order valence-corrected chi connectivity index (χ0v) is 13.0. The number of urea groups is 1. The number of carboxylic acids is 1. The van der Waals surface area contributed by atoms with Crippen molar-refractivity contribution in [3.05, 3.63) is 24.3 Å². The van der Waals surface area contributed by atoms with Crippen LogP contribution in [0.25, 0.3) is 0 Å². The van der Waals surface area contributed by atoms with Crippen molar-refractivity contribution in [3.63, 3.8) is 0 Å². The SMILES string of the molecule is CSc1ccccc1NC(=O)N1CC(C)CC(C(=O)O)C1. The van der Waals surface area contributed by atoms with E-state index in [9.17, 15) is 9.59 Å². The van der Waals surface area contributed by atoms with Gasteiger partial charge in [-0.15, -0.1) is 11.8 Å². The molecule has 0 bridgehead atoms. The first-order chi connectivity index (χ1) is 10.0. The van der Waals surface area contributed by atoms with Crippen molar-refractivity contribution in [2.24, 2.45) is 11.8 Å². The number of amides is 2. The Kier molecular flexibility index (Phi) is 5.12. The molecule has 2 unspecified atom stereocenters. The number of benzene rings is 1. The third-order valence-corrected chi connectivity index (χ3v) is 4.44. The van der Waals surface area contributed by atoms with Crippen LogP contribution in [0.15, 0.2) is 29.2 Å². The second-order valence-corrected chi connectivity index (χ2v) is 6.26. The molecule has 21 heavy (non-hydrogen) atoms. The van der Waals surface area contributed by atoms with E-state index in [4.69, 9.17) is 5.11 Å². The molecular formula is C15H20N2O3S. The monoisotopic (exact) mass is 308 g/mol. The van der Waals surface area contributed by atoms with Gasteiger partial charge in [0.15, 0.2) is 0 Å². The molecule has 1 aromatic rings. The number of nitrogens with one attached hydrogen (secondary N) is 1. The molecule has 1 fully saturated rings. The van der Waals surface area contributed by atoms with Crippen LogP contribution in [0.2, 0.25) is 0 Å². The van der Waals surface area contributed by atoms with Gasteiger partial charge in [0.25, 0.3) is 0 Å². The lowest BCUT2D eigenvalue weighted by atomic mass is 9.91. The number of carboxylic acid groups (broad SMARTS) is 1. The number of anilines is 1. The number of piperidine rings is 1. The van der Waals surface area contributed by atoms with E-state index in [0.717, 1.165) is 10.6 Å². The minimum Gasteiger partial charge on any atom is -0.481 e. The number of thioether (sulfide) groups is 1. The van der Waals surface area contributed by atoms with Crippen molar-refractivity contribution in [1.82, 2.24) is 4.90 Å². The maximum Gasteiger partial charge on any atom is 0.321 e. The van der Waals surface area contributed by atoms with Gasteiger partial charge in [0.05, 0.1) is 11.6 Å². The normalized spacial score (nSPS) is 21.9. The van der Waals surface area contributed by atoms with Gasteiger partial charge < -0.3 is 15.3 Å². The molecule has 0 aliphatic carbocycles. The Labute approximate surface area is 128 Å². The van der Waals surface area contributed by atoms with E-state index in [2.05, 4.69) is 5.32 Å². The van der Waals surface area contributed by atoms with Crippen LogP contribution in [0.4, 0.5) is 10.5 Å². The molecule has 0 radical (unpaired) electrons. The zero-order valence-electron chi connectivity index (χ0n) is 12.2. The minimum absolute atomic E-state index is 0.196. The Bertz CT molecular complexity index is 535. The van der Waals surface area contributed by atoms with Crippen LogP contribution in [0.3, 0.4) is 0 Å². The predicted octanol–water partition coefficient (Wildman–Crippen LogP) is 2.98. The summed E-state index contributed by atoms with van der Waals surface area (Å²) in [6.45, 7) is 2.84. The average molecular weight is 308 g/mol. The Morgan fingerprint density at radius 3 is 2.71 bits per heavy atom. The summed E-state index contributed by atoms with van der Waals surface area (Å²) in [5, 5.41) is 12.1. The van der Waals surface area contributed by atoms with E-state index >= 15 is 0 Å². The predicted molar refractivity (Wildman–Crippen MR) is 83.7 cm³/mol.